The molecule has 2 aromatic rings. The molecule has 0 aliphatic carbocycles. The highest BCUT2D eigenvalue weighted by molar-refractivity contribution is 5.89. The van der Waals surface area contributed by atoms with Crippen LogP contribution in [0, 0.1) is 12.7 Å². The number of hydrogen-bond acceptors (Lipinski definition) is 2. The minimum atomic E-state index is -0.413. The Labute approximate surface area is 141 Å². The molecular formula is C19H22FN3O. The van der Waals surface area contributed by atoms with Gasteiger partial charge in [-0.2, -0.15) is 0 Å². The average Bonchev–Trinajstić information content (AvgIpc) is 2.59. The molecule has 1 aliphatic rings. The van der Waals surface area contributed by atoms with Gasteiger partial charge in [-0.05, 0) is 49.6 Å². The Morgan fingerprint density at radius 3 is 2.50 bits per heavy atom. The largest absolute Gasteiger partial charge is 0.371 e. The molecule has 1 aliphatic heterocycles. The van der Waals surface area contributed by atoms with Gasteiger partial charge >= 0.3 is 6.03 Å². The molecular weight excluding hydrogens is 305 g/mol. The molecule has 0 saturated carbocycles. The van der Waals surface area contributed by atoms with Crippen molar-refractivity contribution >= 4 is 17.4 Å². The van der Waals surface area contributed by atoms with Crippen LogP contribution in [0.25, 0.3) is 0 Å². The van der Waals surface area contributed by atoms with Gasteiger partial charge in [0.15, 0.2) is 0 Å². The van der Waals surface area contributed by atoms with Crippen LogP contribution in [0.3, 0.4) is 0 Å². The SMILES string of the molecule is Cc1ccc(NC(=O)NC2CCN(c3ccccc3)CC2)c(F)c1. The molecule has 0 bridgehead atoms. The highest BCUT2D eigenvalue weighted by atomic mass is 19.1. The van der Waals surface area contributed by atoms with Gasteiger partial charge in [-0.15, -0.1) is 0 Å². The van der Waals surface area contributed by atoms with E-state index in [0.29, 0.717) is 0 Å². The van der Waals surface area contributed by atoms with Crippen molar-refractivity contribution in [3.8, 4) is 0 Å². The summed E-state index contributed by atoms with van der Waals surface area (Å²) in [6.07, 6.45) is 1.75. The van der Waals surface area contributed by atoms with Crippen LogP contribution in [0.1, 0.15) is 18.4 Å². The first kappa shape index (κ1) is 16.3. The first-order valence-electron chi connectivity index (χ1n) is 8.25. The summed E-state index contributed by atoms with van der Waals surface area (Å²) in [5, 5.41) is 5.53. The van der Waals surface area contributed by atoms with Crippen molar-refractivity contribution < 1.29 is 9.18 Å². The third kappa shape index (κ3) is 4.04. The second-order valence-electron chi connectivity index (χ2n) is 6.18. The molecule has 2 amide bonds. The Bertz CT molecular complexity index is 697. The lowest BCUT2D eigenvalue weighted by Crippen LogP contribution is -2.46. The number of para-hydroxylation sites is 1. The maximum Gasteiger partial charge on any atom is 0.319 e. The predicted molar refractivity (Wildman–Crippen MR) is 95.0 cm³/mol. The Kier molecular flexibility index (Phi) is 4.99. The van der Waals surface area contributed by atoms with Crippen molar-refractivity contribution in [3.05, 3.63) is 59.9 Å². The highest BCUT2D eigenvalue weighted by Crippen LogP contribution is 2.20. The van der Waals surface area contributed by atoms with Crippen LogP contribution < -0.4 is 15.5 Å². The standard InChI is InChI=1S/C19H22FN3O/c1-14-7-8-18(17(20)13-14)22-19(24)21-15-9-11-23(12-10-15)16-5-3-2-4-6-16/h2-8,13,15H,9-12H2,1H3,(H2,21,22,24). The number of piperidine rings is 1. The van der Waals surface area contributed by atoms with Crippen molar-refractivity contribution in [2.24, 2.45) is 0 Å². The highest BCUT2D eigenvalue weighted by Gasteiger charge is 2.21. The molecule has 24 heavy (non-hydrogen) atoms. The lowest BCUT2D eigenvalue weighted by atomic mass is 10.0. The molecule has 4 nitrogen and oxygen atoms in total. The summed E-state index contributed by atoms with van der Waals surface area (Å²) in [4.78, 5) is 14.4. The average molecular weight is 327 g/mol. The molecule has 126 valence electrons. The number of halogens is 1. The minimum absolute atomic E-state index is 0.110. The molecule has 0 aromatic heterocycles. The lowest BCUT2D eigenvalue weighted by Gasteiger charge is -2.34. The van der Waals surface area contributed by atoms with E-state index < -0.39 is 5.82 Å². The van der Waals surface area contributed by atoms with Gasteiger partial charge in [0.2, 0.25) is 0 Å². The van der Waals surface area contributed by atoms with E-state index in [9.17, 15) is 9.18 Å². The van der Waals surface area contributed by atoms with Crippen molar-refractivity contribution in [1.82, 2.24) is 5.32 Å². The molecule has 0 unspecified atom stereocenters. The second-order valence-corrected chi connectivity index (χ2v) is 6.18. The molecule has 0 radical (unpaired) electrons. The number of nitrogens with one attached hydrogen (secondary N) is 2. The smallest absolute Gasteiger partial charge is 0.319 e. The van der Waals surface area contributed by atoms with Gasteiger partial charge in [0.25, 0.3) is 0 Å². The van der Waals surface area contributed by atoms with Crippen LogP contribution in [-0.2, 0) is 0 Å². The fourth-order valence-corrected chi connectivity index (χ4v) is 2.99. The molecule has 1 heterocycles. The third-order valence-electron chi connectivity index (χ3n) is 4.32. The maximum absolute atomic E-state index is 13.8. The van der Waals surface area contributed by atoms with Crippen LogP contribution in [0.15, 0.2) is 48.5 Å². The number of anilines is 2. The summed E-state index contributed by atoms with van der Waals surface area (Å²) in [7, 11) is 0. The van der Waals surface area contributed by atoms with E-state index in [-0.39, 0.29) is 17.8 Å². The Morgan fingerprint density at radius 2 is 1.83 bits per heavy atom. The normalized spacial score (nSPS) is 15.2. The first-order chi connectivity index (χ1) is 11.6. The molecule has 2 aromatic carbocycles. The topological polar surface area (TPSA) is 44.4 Å². The van der Waals surface area contributed by atoms with E-state index in [2.05, 4.69) is 27.7 Å². The van der Waals surface area contributed by atoms with Crippen LogP contribution in [-0.4, -0.2) is 25.2 Å². The number of hydrogen-bond donors (Lipinski definition) is 2. The maximum atomic E-state index is 13.8. The van der Waals surface area contributed by atoms with Crippen molar-refractivity contribution in [1.29, 1.82) is 0 Å². The third-order valence-corrected chi connectivity index (χ3v) is 4.32. The van der Waals surface area contributed by atoms with Gasteiger partial charge < -0.3 is 15.5 Å². The molecule has 2 N–H and O–H groups in total. The van der Waals surface area contributed by atoms with E-state index in [1.165, 1.54) is 11.8 Å². The van der Waals surface area contributed by atoms with E-state index in [1.54, 1.807) is 12.1 Å². The monoisotopic (exact) mass is 327 g/mol. The van der Waals surface area contributed by atoms with Crippen LogP contribution in [0.2, 0.25) is 0 Å². The second kappa shape index (κ2) is 7.34. The Morgan fingerprint density at radius 1 is 1.12 bits per heavy atom. The number of amides is 2. The fraction of sp³-hybridized carbons (Fsp3) is 0.316. The summed E-state index contributed by atoms with van der Waals surface area (Å²) in [5.74, 6) is -0.413. The molecule has 0 atom stereocenters. The van der Waals surface area contributed by atoms with Crippen LogP contribution >= 0.6 is 0 Å². The van der Waals surface area contributed by atoms with E-state index in [4.69, 9.17) is 0 Å². The molecule has 5 heteroatoms. The molecule has 1 saturated heterocycles. The predicted octanol–water partition coefficient (Wildman–Crippen LogP) is 3.92. The van der Waals surface area contributed by atoms with Crippen molar-refractivity contribution in [2.45, 2.75) is 25.8 Å². The summed E-state index contributed by atoms with van der Waals surface area (Å²) in [5.41, 5.74) is 2.24. The number of rotatable bonds is 3. The van der Waals surface area contributed by atoms with Crippen LogP contribution in [0.4, 0.5) is 20.6 Å². The zero-order valence-electron chi connectivity index (χ0n) is 13.8. The van der Waals surface area contributed by atoms with E-state index in [0.717, 1.165) is 31.5 Å². The summed E-state index contributed by atoms with van der Waals surface area (Å²) in [6, 6.07) is 14.8. The lowest BCUT2D eigenvalue weighted by molar-refractivity contribution is 0.246. The number of nitrogens with zero attached hydrogens (tertiary/aromatic N) is 1. The molecule has 3 rings (SSSR count). The van der Waals surface area contributed by atoms with Gasteiger partial charge in [-0.1, -0.05) is 24.3 Å². The quantitative estimate of drug-likeness (QED) is 0.897. The number of benzene rings is 2. The zero-order chi connectivity index (χ0) is 16.9. The summed E-state index contributed by atoms with van der Waals surface area (Å²) >= 11 is 0. The number of aryl methyl sites for hydroxylation is 1. The molecule has 1 fully saturated rings. The Balaban J connectivity index is 1.50. The van der Waals surface area contributed by atoms with Crippen molar-refractivity contribution in [2.75, 3.05) is 23.3 Å². The van der Waals surface area contributed by atoms with Gasteiger partial charge in [0, 0.05) is 24.8 Å². The fourth-order valence-electron chi connectivity index (χ4n) is 2.99. The minimum Gasteiger partial charge on any atom is -0.371 e. The summed E-state index contributed by atoms with van der Waals surface area (Å²) < 4.78 is 13.8. The van der Waals surface area contributed by atoms with Crippen LogP contribution in [0.5, 0.6) is 0 Å². The van der Waals surface area contributed by atoms with Gasteiger partial charge in [-0.25, -0.2) is 9.18 Å². The zero-order valence-corrected chi connectivity index (χ0v) is 13.8. The first-order valence-corrected chi connectivity index (χ1v) is 8.25. The van der Waals surface area contributed by atoms with E-state index >= 15 is 0 Å². The summed E-state index contributed by atoms with van der Waals surface area (Å²) in [6.45, 7) is 3.61. The van der Waals surface area contributed by atoms with Gasteiger partial charge in [-0.3, -0.25) is 0 Å². The number of carbonyl (C=O) groups is 1. The van der Waals surface area contributed by atoms with E-state index in [1.807, 2.05) is 25.1 Å². The Hall–Kier alpha value is -2.56. The van der Waals surface area contributed by atoms with Gasteiger partial charge in [0.05, 0.1) is 5.69 Å². The van der Waals surface area contributed by atoms with Gasteiger partial charge in [0.1, 0.15) is 5.82 Å². The number of urea groups is 1. The van der Waals surface area contributed by atoms with Crippen molar-refractivity contribution in [3.63, 3.8) is 0 Å². The molecule has 0 spiro atoms. The number of carbonyl (C=O) groups excluding carboxylic acids is 1.